The Labute approximate surface area is 124 Å². The zero-order valence-corrected chi connectivity index (χ0v) is 14.2. The maximum absolute atomic E-state index is 3.62. The largest absolute Gasteiger partial charge is 0.311 e. The maximum Gasteiger partial charge on any atom is 0.0175 e. The lowest BCUT2D eigenvalue weighted by Crippen LogP contribution is -2.38. The second kappa shape index (κ2) is 7.56. The van der Waals surface area contributed by atoms with Crippen LogP contribution in [0.4, 0.5) is 0 Å². The molecule has 18 heavy (non-hydrogen) atoms. The fourth-order valence-corrected chi connectivity index (χ4v) is 2.60. The molecule has 0 bridgehead atoms. The Hall–Kier alpha value is 0.01000. The number of hydrogen-bond acceptors (Lipinski definition) is 2. The first kappa shape index (κ1) is 16.1. The molecule has 0 saturated carbocycles. The Morgan fingerprint density at radius 3 is 2.33 bits per heavy atom. The van der Waals surface area contributed by atoms with Crippen molar-refractivity contribution < 1.29 is 0 Å². The molecule has 1 unspecified atom stereocenters. The van der Waals surface area contributed by atoms with E-state index in [1.807, 2.05) is 11.8 Å². The molecule has 102 valence electrons. The standard InChI is InChI=1S/C15H24BrNS/c1-15(2,3)17-11-13(9-10-18-4)12-5-7-14(16)8-6-12/h5-8,13,17H,9-11H2,1-4H3. The first-order valence-corrected chi connectivity index (χ1v) is 8.60. The molecule has 3 heteroatoms. The second-order valence-corrected chi connectivity index (χ2v) is 7.56. The predicted octanol–water partition coefficient (Wildman–Crippen LogP) is 4.67. The number of hydrogen-bond donors (Lipinski definition) is 1. The fraction of sp³-hybridized carbons (Fsp3) is 0.600. The third-order valence-corrected chi connectivity index (χ3v) is 4.06. The first-order valence-electron chi connectivity index (χ1n) is 6.42. The van der Waals surface area contributed by atoms with Gasteiger partial charge >= 0.3 is 0 Å². The van der Waals surface area contributed by atoms with Gasteiger partial charge in [-0.2, -0.15) is 11.8 Å². The van der Waals surface area contributed by atoms with Crippen molar-refractivity contribution in [2.45, 2.75) is 38.6 Å². The Bertz CT molecular complexity index is 343. The van der Waals surface area contributed by atoms with Gasteiger partial charge in [0.2, 0.25) is 0 Å². The molecule has 0 saturated heterocycles. The van der Waals surface area contributed by atoms with Crippen LogP contribution in [0, 0.1) is 0 Å². The van der Waals surface area contributed by atoms with Crippen LogP contribution in [0.2, 0.25) is 0 Å². The highest BCUT2D eigenvalue weighted by Crippen LogP contribution is 2.23. The lowest BCUT2D eigenvalue weighted by molar-refractivity contribution is 0.403. The predicted molar refractivity (Wildman–Crippen MR) is 87.6 cm³/mol. The molecule has 1 aromatic rings. The summed E-state index contributed by atoms with van der Waals surface area (Å²) in [6, 6.07) is 8.75. The Morgan fingerprint density at radius 1 is 1.22 bits per heavy atom. The van der Waals surface area contributed by atoms with E-state index in [1.165, 1.54) is 17.7 Å². The van der Waals surface area contributed by atoms with Gasteiger partial charge in [0.1, 0.15) is 0 Å². The van der Waals surface area contributed by atoms with E-state index in [4.69, 9.17) is 0 Å². The molecule has 1 atom stereocenters. The molecule has 1 aromatic carbocycles. The molecule has 0 aliphatic heterocycles. The summed E-state index contributed by atoms with van der Waals surface area (Å²) in [6.07, 6.45) is 3.40. The summed E-state index contributed by atoms with van der Waals surface area (Å²) >= 11 is 5.42. The van der Waals surface area contributed by atoms with Crippen LogP contribution in [0.5, 0.6) is 0 Å². The number of rotatable bonds is 6. The van der Waals surface area contributed by atoms with Gasteiger partial charge in [-0.15, -0.1) is 0 Å². The van der Waals surface area contributed by atoms with Crippen molar-refractivity contribution in [2.24, 2.45) is 0 Å². The summed E-state index contributed by atoms with van der Waals surface area (Å²) in [7, 11) is 0. The third-order valence-electron chi connectivity index (χ3n) is 2.89. The zero-order valence-electron chi connectivity index (χ0n) is 11.8. The molecule has 0 aliphatic rings. The van der Waals surface area contributed by atoms with E-state index in [0.717, 1.165) is 11.0 Å². The van der Waals surface area contributed by atoms with Crippen LogP contribution in [0.1, 0.15) is 38.7 Å². The van der Waals surface area contributed by atoms with E-state index in [1.54, 1.807) is 0 Å². The average Bonchev–Trinajstić information content (AvgIpc) is 2.29. The van der Waals surface area contributed by atoms with Crippen LogP contribution < -0.4 is 5.32 Å². The van der Waals surface area contributed by atoms with E-state index in [2.05, 4.69) is 72.5 Å². The Morgan fingerprint density at radius 2 is 1.83 bits per heavy atom. The van der Waals surface area contributed by atoms with Gasteiger partial charge in [-0.05, 0) is 62.8 Å². The summed E-state index contributed by atoms with van der Waals surface area (Å²) in [4.78, 5) is 0. The zero-order chi connectivity index (χ0) is 13.6. The summed E-state index contributed by atoms with van der Waals surface area (Å²) < 4.78 is 1.15. The van der Waals surface area contributed by atoms with E-state index in [9.17, 15) is 0 Å². The molecule has 0 amide bonds. The minimum absolute atomic E-state index is 0.187. The van der Waals surface area contributed by atoms with Gasteiger partial charge in [0.25, 0.3) is 0 Å². The number of benzene rings is 1. The smallest absolute Gasteiger partial charge is 0.0175 e. The number of nitrogens with one attached hydrogen (secondary N) is 1. The quantitative estimate of drug-likeness (QED) is 0.813. The average molecular weight is 330 g/mol. The fourth-order valence-electron chi connectivity index (χ4n) is 1.81. The van der Waals surface area contributed by atoms with E-state index in [-0.39, 0.29) is 5.54 Å². The third kappa shape index (κ3) is 6.26. The molecule has 1 N–H and O–H groups in total. The highest BCUT2D eigenvalue weighted by Gasteiger charge is 2.15. The molecule has 0 fully saturated rings. The van der Waals surface area contributed by atoms with Crippen molar-refractivity contribution in [3.63, 3.8) is 0 Å². The highest BCUT2D eigenvalue weighted by molar-refractivity contribution is 9.10. The van der Waals surface area contributed by atoms with E-state index < -0.39 is 0 Å². The van der Waals surface area contributed by atoms with Crippen molar-refractivity contribution >= 4 is 27.7 Å². The van der Waals surface area contributed by atoms with Gasteiger partial charge in [-0.3, -0.25) is 0 Å². The van der Waals surface area contributed by atoms with E-state index in [0.29, 0.717) is 5.92 Å². The molecule has 0 aromatic heterocycles. The lowest BCUT2D eigenvalue weighted by atomic mass is 9.95. The van der Waals surface area contributed by atoms with Crippen molar-refractivity contribution in [1.82, 2.24) is 5.32 Å². The first-order chi connectivity index (χ1) is 8.42. The van der Waals surface area contributed by atoms with Gasteiger partial charge in [0.05, 0.1) is 0 Å². The Kier molecular flexibility index (Phi) is 6.75. The van der Waals surface area contributed by atoms with Crippen LogP contribution in [0.25, 0.3) is 0 Å². The number of thioether (sulfide) groups is 1. The van der Waals surface area contributed by atoms with Gasteiger partial charge in [-0.1, -0.05) is 28.1 Å². The minimum atomic E-state index is 0.187. The second-order valence-electron chi connectivity index (χ2n) is 5.66. The summed E-state index contributed by atoms with van der Waals surface area (Å²) in [5.74, 6) is 1.82. The van der Waals surface area contributed by atoms with Crippen molar-refractivity contribution in [2.75, 3.05) is 18.6 Å². The topological polar surface area (TPSA) is 12.0 Å². The number of halogens is 1. The molecule has 1 rings (SSSR count). The molecular weight excluding hydrogens is 306 g/mol. The van der Waals surface area contributed by atoms with Crippen LogP contribution in [0.15, 0.2) is 28.7 Å². The van der Waals surface area contributed by atoms with Crippen molar-refractivity contribution in [3.05, 3.63) is 34.3 Å². The van der Waals surface area contributed by atoms with Gasteiger partial charge in [-0.25, -0.2) is 0 Å². The molecule has 0 aliphatic carbocycles. The monoisotopic (exact) mass is 329 g/mol. The summed E-state index contributed by atoms with van der Waals surface area (Å²) in [5, 5.41) is 3.62. The maximum atomic E-state index is 3.62. The summed E-state index contributed by atoms with van der Waals surface area (Å²) in [6.45, 7) is 7.71. The van der Waals surface area contributed by atoms with Crippen molar-refractivity contribution in [1.29, 1.82) is 0 Å². The van der Waals surface area contributed by atoms with Crippen LogP contribution >= 0.6 is 27.7 Å². The molecule has 1 nitrogen and oxygen atoms in total. The molecule has 0 spiro atoms. The molecular formula is C15H24BrNS. The van der Waals surface area contributed by atoms with E-state index >= 15 is 0 Å². The van der Waals surface area contributed by atoms with Gasteiger partial charge in [0, 0.05) is 16.6 Å². The SMILES string of the molecule is CSCCC(CNC(C)(C)C)c1ccc(Br)cc1. The molecule has 0 radical (unpaired) electrons. The van der Waals surface area contributed by atoms with Crippen LogP contribution in [-0.2, 0) is 0 Å². The summed E-state index contributed by atoms with van der Waals surface area (Å²) in [5.41, 5.74) is 1.62. The normalized spacial score (nSPS) is 13.6. The van der Waals surface area contributed by atoms with Gasteiger partial charge in [0.15, 0.2) is 0 Å². The van der Waals surface area contributed by atoms with Crippen LogP contribution in [-0.4, -0.2) is 24.1 Å². The molecule has 0 heterocycles. The van der Waals surface area contributed by atoms with Crippen molar-refractivity contribution in [3.8, 4) is 0 Å². The van der Waals surface area contributed by atoms with Gasteiger partial charge < -0.3 is 5.32 Å². The van der Waals surface area contributed by atoms with Crippen LogP contribution in [0.3, 0.4) is 0 Å². The Balaban J connectivity index is 2.68. The minimum Gasteiger partial charge on any atom is -0.311 e. The highest BCUT2D eigenvalue weighted by atomic mass is 79.9. The lowest BCUT2D eigenvalue weighted by Gasteiger charge is -2.25.